The molecule has 2 aromatic carbocycles. The predicted molar refractivity (Wildman–Crippen MR) is 73.4 cm³/mol. The predicted octanol–water partition coefficient (Wildman–Crippen LogP) is 4.55. The van der Waals surface area contributed by atoms with E-state index in [9.17, 15) is 4.39 Å². The molecule has 0 amide bonds. The molecule has 17 heavy (non-hydrogen) atoms. The molecule has 0 aliphatic rings. The first-order valence-electron chi connectivity index (χ1n) is 5.14. The molecule has 86 valence electrons. The fourth-order valence-electron chi connectivity index (χ4n) is 1.51. The van der Waals surface area contributed by atoms with Gasteiger partial charge in [-0.2, -0.15) is 0 Å². The van der Waals surface area contributed by atoms with Crippen LogP contribution in [0.1, 0.15) is 16.7 Å². The third-order valence-corrected chi connectivity index (χ3v) is 3.26. The van der Waals surface area contributed by atoms with E-state index in [-0.39, 0.29) is 5.02 Å². The van der Waals surface area contributed by atoms with Gasteiger partial charge in [0, 0.05) is 0 Å². The van der Waals surface area contributed by atoms with Crippen LogP contribution in [0.5, 0.6) is 0 Å². The Morgan fingerprint density at radius 2 is 1.65 bits per heavy atom. The Morgan fingerprint density at radius 3 is 2.24 bits per heavy atom. The second-order valence-electron chi connectivity index (χ2n) is 3.82. The number of aryl methyl sites for hydroxylation is 1. The molecule has 0 aliphatic heterocycles. The molecule has 0 bridgehead atoms. The fraction of sp³-hybridized carbons (Fsp3) is 0.0714. The molecular weight excluding hydrogens is 255 g/mol. The Morgan fingerprint density at radius 1 is 1.06 bits per heavy atom. The smallest absolute Gasteiger partial charge is 0.141 e. The van der Waals surface area contributed by atoms with E-state index in [1.54, 1.807) is 12.1 Å². The number of thiocarbonyl (C=S) groups is 1. The number of halogens is 2. The van der Waals surface area contributed by atoms with Crippen LogP contribution >= 0.6 is 23.8 Å². The molecule has 0 fully saturated rings. The van der Waals surface area contributed by atoms with Crippen LogP contribution in [0.15, 0.2) is 42.5 Å². The minimum absolute atomic E-state index is 0.0944. The molecule has 0 aliphatic carbocycles. The summed E-state index contributed by atoms with van der Waals surface area (Å²) in [6.07, 6.45) is 0. The van der Waals surface area contributed by atoms with Crippen LogP contribution in [0.4, 0.5) is 4.39 Å². The zero-order chi connectivity index (χ0) is 12.4. The van der Waals surface area contributed by atoms with E-state index in [0.29, 0.717) is 4.86 Å². The molecule has 2 rings (SSSR count). The lowest BCUT2D eigenvalue weighted by atomic mass is 10.0. The molecule has 0 aromatic heterocycles. The largest absolute Gasteiger partial charge is 0.205 e. The van der Waals surface area contributed by atoms with Gasteiger partial charge in [0.15, 0.2) is 0 Å². The van der Waals surface area contributed by atoms with Gasteiger partial charge in [0.2, 0.25) is 0 Å². The molecule has 3 heteroatoms. The summed E-state index contributed by atoms with van der Waals surface area (Å²) in [6, 6.07) is 12.4. The minimum Gasteiger partial charge on any atom is -0.205 e. The van der Waals surface area contributed by atoms with Crippen LogP contribution in [-0.4, -0.2) is 4.86 Å². The van der Waals surface area contributed by atoms with Crippen molar-refractivity contribution in [2.75, 3.05) is 0 Å². The van der Waals surface area contributed by atoms with E-state index in [1.807, 2.05) is 31.2 Å². The highest BCUT2D eigenvalue weighted by Crippen LogP contribution is 2.19. The van der Waals surface area contributed by atoms with Gasteiger partial charge < -0.3 is 0 Å². The SMILES string of the molecule is Cc1ccc(C(=S)c2ccc(F)c(Cl)c2)cc1. The molecule has 0 N–H and O–H groups in total. The quantitative estimate of drug-likeness (QED) is 0.566. The van der Waals surface area contributed by atoms with Gasteiger partial charge in [0.05, 0.1) is 9.89 Å². The van der Waals surface area contributed by atoms with Gasteiger partial charge in [0.25, 0.3) is 0 Å². The third-order valence-electron chi connectivity index (χ3n) is 2.50. The summed E-state index contributed by atoms with van der Waals surface area (Å²) in [6.45, 7) is 2.02. The summed E-state index contributed by atoms with van der Waals surface area (Å²) in [5, 5.41) is 0.0944. The lowest BCUT2D eigenvalue weighted by Gasteiger charge is -2.05. The van der Waals surface area contributed by atoms with Crippen molar-refractivity contribution in [3.63, 3.8) is 0 Å². The maximum absolute atomic E-state index is 13.0. The molecule has 2 aromatic rings. The second-order valence-corrected chi connectivity index (χ2v) is 4.64. The number of rotatable bonds is 2. The standard InChI is InChI=1S/C14H10ClFS/c1-9-2-4-10(5-3-9)14(17)11-6-7-13(16)12(15)8-11/h2-8H,1H3. The first kappa shape index (κ1) is 12.2. The van der Waals surface area contributed by atoms with E-state index in [0.717, 1.165) is 11.1 Å². The fourth-order valence-corrected chi connectivity index (χ4v) is 1.95. The zero-order valence-electron chi connectivity index (χ0n) is 9.21. The van der Waals surface area contributed by atoms with Gasteiger partial charge in [-0.25, -0.2) is 4.39 Å². The molecular formula is C14H10ClFS. The molecule has 0 nitrogen and oxygen atoms in total. The summed E-state index contributed by atoms with van der Waals surface area (Å²) in [5.74, 6) is -0.429. The topological polar surface area (TPSA) is 0 Å². The normalized spacial score (nSPS) is 10.3. The van der Waals surface area contributed by atoms with E-state index in [2.05, 4.69) is 0 Å². The lowest BCUT2D eigenvalue weighted by Crippen LogP contribution is -2.00. The Bertz CT molecular complexity index is 561. The summed E-state index contributed by atoms with van der Waals surface area (Å²) in [4.78, 5) is 0.673. The van der Waals surface area contributed by atoms with E-state index >= 15 is 0 Å². The van der Waals surface area contributed by atoms with Crippen molar-refractivity contribution >= 4 is 28.7 Å². The first-order chi connectivity index (χ1) is 8.08. The van der Waals surface area contributed by atoms with Crippen LogP contribution in [-0.2, 0) is 0 Å². The van der Waals surface area contributed by atoms with Gasteiger partial charge >= 0.3 is 0 Å². The Labute approximate surface area is 110 Å². The van der Waals surface area contributed by atoms with Crippen LogP contribution in [0.25, 0.3) is 0 Å². The highest BCUT2D eigenvalue weighted by molar-refractivity contribution is 7.81. The van der Waals surface area contributed by atoms with Crippen molar-refractivity contribution in [2.24, 2.45) is 0 Å². The molecule has 0 radical (unpaired) electrons. The monoisotopic (exact) mass is 264 g/mol. The number of benzene rings is 2. The summed E-state index contributed by atoms with van der Waals surface area (Å²) < 4.78 is 13.0. The van der Waals surface area contributed by atoms with Crippen LogP contribution in [0.2, 0.25) is 5.02 Å². The number of hydrogen-bond donors (Lipinski definition) is 0. The Kier molecular flexibility index (Phi) is 3.55. The first-order valence-corrected chi connectivity index (χ1v) is 5.93. The summed E-state index contributed by atoms with van der Waals surface area (Å²) in [5.41, 5.74) is 2.87. The third kappa shape index (κ3) is 2.71. The Balaban J connectivity index is 2.37. The summed E-state index contributed by atoms with van der Waals surface area (Å²) >= 11 is 11.1. The van der Waals surface area contributed by atoms with Gasteiger partial charge in [0.1, 0.15) is 5.82 Å². The molecule has 0 unspecified atom stereocenters. The van der Waals surface area contributed by atoms with Crippen molar-refractivity contribution in [3.8, 4) is 0 Å². The van der Waals surface area contributed by atoms with Crippen molar-refractivity contribution in [3.05, 3.63) is 70.0 Å². The van der Waals surface area contributed by atoms with Crippen LogP contribution in [0.3, 0.4) is 0 Å². The second kappa shape index (κ2) is 4.94. The lowest BCUT2D eigenvalue weighted by molar-refractivity contribution is 0.628. The van der Waals surface area contributed by atoms with Crippen LogP contribution in [0, 0.1) is 12.7 Å². The van der Waals surface area contributed by atoms with Crippen molar-refractivity contribution < 1.29 is 4.39 Å². The van der Waals surface area contributed by atoms with E-state index in [1.165, 1.54) is 11.6 Å². The van der Waals surface area contributed by atoms with Gasteiger partial charge in [-0.3, -0.25) is 0 Å². The van der Waals surface area contributed by atoms with E-state index < -0.39 is 5.82 Å². The maximum Gasteiger partial charge on any atom is 0.141 e. The molecule has 0 saturated heterocycles. The van der Waals surface area contributed by atoms with Crippen LogP contribution < -0.4 is 0 Å². The van der Waals surface area contributed by atoms with Crippen molar-refractivity contribution in [1.82, 2.24) is 0 Å². The average molecular weight is 265 g/mol. The van der Waals surface area contributed by atoms with Crippen molar-refractivity contribution in [2.45, 2.75) is 6.92 Å². The zero-order valence-corrected chi connectivity index (χ0v) is 10.8. The molecule has 0 spiro atoms. The van der Waals surface area contributed by atoms with E-state index in [4.69, 9.17) is 23.8 Å². The van der Waals surface area contributed by atoms with Gasteiger partial charge in [-0.1, -0.05) is 59.7 Å². The van der Waals surface area contributed by atoms with Gasteiger partial charge in [-0.15, -0.1) is 0 Å². The summed E-state index contributed by atoms with van der Waals surface area (Å²) in [7, 11) is 0. The molecule has 0 heterocycles. The minimum atomic E-state index is -0.429. The highest BCUT2D eigenvalue weighted by atomic mass is 35.5. The Hall–Kier alpha value is -1.25. The average Bonchev–Trinajstić information content (AvgIpc) is 2.33. The molecule has 0 saturated carbocycles. The number of hydrogen-bond acceptors (Lipinski definition) is 1. The van der Waals surface area contributed by atoms with Gasteiger partial charge in [-0.05, 0) is 30.2 Å². The molecule has 0 atom stereocenters. The van der Waals surface area contributed by atoms with Crippen molar-refractivity contribution in [1.29, 1.82) is 0 Å². The maximum atomic E-state index is 13.0. The highest BCUT2D eigenvalue weighted by Gasteiger charge is 2.07.